The summed E-state index contributed by atoms with van der Waals surface area (Å²) in [4.78, 5) is 4.44. The van der Waals surface area contributed by atoms with Crippen LogP contribution < -0.4 is 10.1 Å². The number of rotatable bonds is 11. The standard InChI is InChI=1S/C15H26N2O3/c1-13(2)11-16-12-14-5-4-6-15(17-14)20-10-9-19-8-7-18-3/h4-6,13,16H,7-12H2,1-3H3. The Labute approximate surface area is 121 Å². The summed E-state index contributed by atoms with van der Waals surface area (Å²) >= 11 is 0. The maximum atomic E-state index is 5.55. The van der Waals surface area contributed by atoms with E-state index in [1.807, 2.05) is 18.2 Å². The summed E-state index contributed by atoms with van der Waals surface area (Å²) in [6.45, 7) is 8.36. The van der Waals surface area contributed by atoms with Gasteiger partial charge in [0.15, 0.2) is 0 Å². The molecule has 0 bridgehead atoms. The fourth-order valence-corrected chi connectivity index (χ4v) is 1.57. The Hall–Kier alpha value is -1.17. The Morgan fingerprint density at radius 3 is 2.70 bits per heavy atom. The molecule has 0 aliphatic carbocycles. The zero-order chi connectivity index (χ0) is 14.6. The lowest BCUT2D eigenvalue weighted by atomic mass is 10.2. The molecule has 0 fully saturated rings. The summed E-state index contributed by atoms with van der Waals surface area (Å²) in [5.74, 6) is 1.28. The molecule has 0 saturated carbocycles. The summed E-state index contributed by atoms with van der Waals surface area (Å²) in [5.41, 5.74) is 0.989. The van der Waals surface area contributed by atoms with Crippen LogP contribution in [0.1, 0.15) is 19.5 Å². The number of aromatic nitrogens is 1. The normalized spacial score (nSPS) is 11.0. The Balaban J connectivity index is 2.22. The third kappa shape index (κ3) is 8.09. The fraction of sp³-hybridized carbons (Fsp3) is 0.667. The average Bonchev–Trinajstić information content (AvgIpc) is 2.43. The van der Waals surface area contributed by atoms with Gasteiger partial charge in [-0.15, -0.1) is 0 Å². The van der Waals surface area contributed by atoms with Gasteiger partial charge in [0.2, 0.25) is 5.88 Å². The molecular formula is C15H26N2O3. The molecule has 5 heteroatoms. The van der Waals surface area contributed by atoms with Gasteiger partial charge < -0.3 is 19.5 Å². The van der Waals surface area contributed by atoms with Crippen LogP contribution in [0, 0.1) is 5.92 Å². The molecule has 0 spiro atoms. The Kier molecular flexibility index (Phi) is 8.95. The first kappa shape index (κ1) is 16.9. The molecule has 1 N–H and O–H groups in total. The van der Waals surface area contributed by atoms with Gasteiger partial charge in [-0.25, -0.2) is 4.98 Å². The van der Waals surface area contributed by atoms with Gasteiger partial charge in [-0.2, -0.15) is 0 Å². The predicted octanol–water partition coefficient (Wildman–Crippen LogP) is 1.87. The zero-order valence-electron chi connectivity index (χ0n) is 12.7. The highest BCUT2D eigenvalue weighted by atomic mass is 16.5. The Morgan fingerprint density at radius 1 is 1.15 bits per heavy atom. The van der Waals surface area contributed by atoms with Gasteiger partial charge >= 0.3 is 0 Å². The van der Waals surface area contributed by atoms with Gasteiger partial charge in [-0.1, -0.05) is 19.9 Å². The molecular weight excluding hydrogens is 256 g/mol. The summed E-state index contributed by atoms with van der Waals surface area (Å²) in [7, 11) is 1.66. The van der Waals surface area contributed by atoms with E-state index in [1.165, 1.54) is 0 Å². The van der Waals surface area contributed by atoms with E-state index in [9.17, 15) is 0 Å². The van der Waals surface area contributed by atoms with Crippen molar-refractivity contribution < 1.29 is 14.2 Å². The van der Waals surface area contributed by atoms with Crippen molar-refractivity contribution >= 4 is 0 Å². The van der Waals surface area contributed by atoms with Crippen LogP contribution in [0.15, 0.2) is 18.2 Å². The molecule has 5 nitrogen and oxygen atoms in total. The molecule has 0 saturated heterocycles. The minimum absolute atomic E-state index is 0.500. The lowest BCUT2D eigenvalue weighted by Gasteiger charge is -2.09. The van der Waals surface area contributed by atoms with Crippen LogP contribution in [0.3, 0.4) is 0 Å². The van der Waals surface area contributed by atoms with Crippen molar-refractivity contribution in [2.45, 2.75) is 20.4 Å². The van der Waals surface area contributed by atoms with Gasteiger partial charge in [0, 0.05) is 19.7 Å². The van der Waals surface area contributed by atoms with Crippen LogP contribution in [-0.2, 0) is 16.0 Å². The highest BCUT2D eigenvalue weighted by molar-refractivity contribution is 5.15. The molecule has 1 heterocycles. The molecule has 1 rings (SSSR count). The summed E-state index contributed by atoms with van der Waals surface area (Å²) in [6, 6.07) is 5.82. The summed E-state index contributed by atoms with van der Waals surface area (Å²) in [5, 5.41) is 3.36. The molecule has 1 aromatic heterocycles. The van der Waals surface area contributed by atoms with Crippen LogP contribution in [0.4, 0.5) is 0 Å². The van der Waals surface area contributed by atoms with Crippen molar-refractivity contribution in [1.29, 1.82) is 0 Å². The second kappa shape index (κ2) is 10.6. The minimum atomic E-state index is 0.500. The molecule has 0 unspecified atom stereocenters. The average molecular weight is 282 g/mol. The van der Waals surface area contributed by atoms with Crippen LogP contribution in [0.5, 0.6) is 5.88 Å². The van der Waals surface area contributed by atoms with Crippen molar-refractivity contribution in [3.05, 3.63) is 23.9 Å². The van der Waals surface area contributed by atoms with E-state index in [0.29, 0.717) is 38.2 Å². The maximum Gasteiger partial charge on any atom is 0.213 e. The highest BCUT2D eigenvalue weighted by Gasteiger charge is 2.00. The number of hydrogen-bond donors (Lipinski definition) is 1. The van der Waals surface area contributed by atoms with Gasteiger partial charge in [0.05, 0.1) is 25.5 Å². The first-order chi connectivity index (χ1) is 9.72. The third-order valence-electron chi connectivity index (χ3n) is 2.55. The van der Waals surface area contributed by atoms with Crippen LogP contribution in [-0.4, -0.2) is 45.1 Å². The fourth-order valence-electron chi connectivity index (χ4n) is 1.57. The summed E-state index contributed by atoms with van der Waals surface area (Å²) in [6.07, 6.45) is 0. The van der Waals surface area contributed by atoms with Crippen molar-refractivity contribution in [1.82, 2.24) is 10.3 Å². The maximum absolute atomic E-state index is 5.55. The lowest BCUT2D eigenvalue weighted by molar-refractivity contribution is 0.0536. The van der Waals surface area contributed by atoms with Crippen molar-refractivity contribution in [2.24, 2.45) is 5.92 Å². The molecule has 0 aliphatic heterocycles. The monoisotopic (exact) mass is 282 g/mol. The largest absolute Gasteiger partial charge is 0.475 e. The summed E-state index contributed by atoms with van der Waals surface area (Å²) < 4.78 is 15.8. The van der Waals surface area contributed by atoms with Crippen LogP contribution >= 0.6 is 0 Å². The van der Waals surface area contributed by atoms with E-state index in [4.69, 9.17) is 14.2 Å². The number of methoxy groups -OCH3 is 1. The second-order valence-electron chi connectivity index (χ2n) is 4.95. The van der Waals surface area contributed by atoms with Gasteiger partial charge in [0.1, 0.15) is 6.61 Å². The Morgan fingerprint density at radius 2 is 1.95 bits per heavy atom. The molecule has 0 aliphatic rings. The molecule has 0 aromatic carbocycles. The van der Waals surface area contributed by atoms with Crippen molar-refractivity contribution in [3.63, 3.8) is 0 Å². The number of nitrogens with one attached hydrogen (secondary N) is 1. The molecule has 0 radical (unpaired) electrons. The van der Waals surface area contributed by atoms with E-state index >= 15 is 0 Å². The molecule has 0 atom stereocenters. The van der Waals surface area contributed by atoms with E-state index < -0.39 is 0 Å². The zero-order valence-corrected chi connectivity index (χ0v) is 12.7. The van der Waals surface area contributed by atoms with Gasteiger partial charge in [0.25, 0.3) is 0 Å². The minimum Gasteiger partial charge on any atom is -0.475 e. The third-order valence-corrected chi connectivity index (χ3v) is 2.55. The first-order valence-corrected chi connectivity index (χ1v) is 7.08. The van der Waals surface area contributed by atoms with E-state index in [-0.39, 0.29) is 0 Å². The van der Waals surface area contributed by atoms with Gasteiger partial charge in [-0.05, 0) is 18.5 Å². The van der Waals surface area contributed by atoms with E-state index in [1.54, 1.807) is 7.11 Å². The molecule has 0 amide bonds. The van der Waals surface area contributed by atoms with E-state index in [0.717, 1.165) is 18.8 Å². The second-order valence-corrected chi connectivity index (χ2v) is 4.95. The van der Waals surface area contributed by atoms with E-state index in [2.05, 4.69) is 24.1 Å². The van der Waals surface area contributed by atoms with Crippen molar-refractivity contribution in [3.8, 4) is 5.88 Å². The molecule has 20 heavy (non-hydrogen) atoms. The van der Waals surface area contributed by atoms with Crippen LogP contribution in [0.25, 0.3) is 0 Å². The number of hydrogen-bond acceptors (Lipinski definition) is 5. The first-order valence-electron chi connectivity index (χ1n) is 7.08. The smallest absolute Gasteiger partial charge is 0.213 e. The number of ether oxygens (including phenoxy) is 3. The SMILES string of the molecule is COCCOCCOc1cccc(CNCC(C)C)n1. The molecule has 114 valence electrons. The Bertz CT molecular complexity index is 359. The number of pyridine rings is 1. The highest BCUT2D eigenvalue weighted by Crippen LogP contribution is 2.07. The topological polar surface area (TPSA) is 52.6 Å². The van der Waals surface area contributed by atoms with Crippen LogP contribution in [0.2, 0.25) is 0 Å². The van der Waals surface area contributed by atoms with Crippen molar-refractivity contribution in [2.75, 3.05) is 40.1 Å². The predicted molar refractivity (Wildman–Crippen MR) is 79.0 cm³/mol. The lowest BCUT2D eigenvalue weighted by Crippen LogP contribution is -2.19. The molecule has 1 aromatic rings. The quantitative estimate of drug-likeness (QED) is 0.628. The van der Waals surface area contributed by atoms with Gasteiger partial charge in [-0.3, -0.25) is 0 Å². The number of nitrogens with zero attached hydrogens (tertiary/aromatic N) is 1.